The molecule has 1 aliphatic heterocycles. The van der Waals surface area contributed by atoms with Crippen molar-refractivity contribution in [3.8, 4) is 28.3 Å². The molecule has 0 radical (unpaired) electrons. The molecule has 6 rings (SSSR count). The highest BCUT2D eigenvalue weighted by atomic mass is 19.1. The monoisotopic (exact) mass is 483 g/mol. The molecule has 2 atom stereocenters. The molecule has 36 heavy (non-hydrogen) atoms. The molecule has 5 heterocycles. The number of nitrogens with zero attached hydrogens (tertiary/aromatic N) is 5. The number of ether oxygens (including phenoxy) is 1. The maximum atomic E-state index is 14.7. The molecule has 9 heteroatoms. The Morgan fingerprint density at radius 3 is 2.81 bits per heavy atom. The minimum Gasteiger partial charge on any atom is -0.485 e. The number of carboxylic acid groups (broad SMARTS) is 1. The maximum absolute atomic E-state index is 14.7. The Kier molecular flexibility index (Phi) is 5.44. The van der Waals surface area contributed by atoms with Crippen molar-refractivity contribution in [2.75, 3.05) is 13.1 Å². The number of fused-ring (bicyclic) bond motifs is 2. The van der Waals surface area contributed by atoms with Gasteiger partial charge in [-0.3, -0.25) is 9.38 Å². The predicted molar refractivity (Wildman–Crippen MR) is 133 cm³/mol. The van der Waals surface area contributed by atoms with Crippen molar-refractivity contribution in [3.05, 3.63) is 79.4 Å². The Morgan fingerprint density at radius 2 is 2.00 bits per heavy atom. The lowest BCUT2D eigenvalue weighted by atomic mass is 10.1. The second-order valence-electron chi connectivity index (χ2n) is 8.74. The quantitative estimate of drug-likeness (QED) is 0.383. The van der Waals surface area contributed by atoms with E-state index in [0.717, 1.165) is 32.8 Å². The van der Waals surface area contributed by atoms with E-state index in [1.165, 1.54) is 0 Å². The van der Waals surface area contributed by atoms with Crippen LogP contribution < -0.4 is 4.74 Å². The number of pyridine rings is 3. The van der Waals surface area contributed by atoms with Crippen LogP contribution in [-0.4, -0.2) is 60.8 Å². The number of hydrogen-bond acceptors (Lipinski definition) is 5. The summed E-state index contributed by atoms with van der Waals surface area (Å²) >= 11 is 0. The van der Waals surface area contributed by atoms with Gasteiger partial charge in [0.2, 0.25) is 0 Å². The van der Waals surface area contributed by atoms with Gasteiger partial charge in [-0.2, -0.15) is 0 Å². The fourth-order valence-electron chi connectivity index (χ4n) is 4.59. The van der Waals surface area contributed by atoms with Crippen LogP contribution in [0.25, 0.3) is 39.1 Å². The number of hydrogen-bond donors (Lipinski definition) is 1. The third-order valence-electron chi connectivity index (χ3n) is 6.48. The smallest absolute Gasteiger partial charge is 0.407 e. The van der Waals surface area contributed by atoms with Crippen LogP contribution >= 0.6 is 0 Å². The number of piperidine rings is 1. The van der Waals surface area contributed by atoms with Gasteiger partial charge in [0, 0.05) is 42.5 Å². The van der Waals surface area contributed by atoms with Gasteiger partial charge in [-0.05, 0) is 35.9 Å². The van der Waals surface area contributed by atoms with E-state index in [1.807, 2.05) is 65.3 Å². The summed E-state index contributed by atoms with van der Waals surface area (Å²) in [6.07, 6.45) is 4.29. The molecule has 1 aliphatic rings. The number of benzene rings is 1. The van der Waals surface area contributed by atoms with E-state index in [1.54, 1.807) is 18.5 Å². The molecule has 0 bridgehead atoms. The minimum atomic E-state index is -1.42. The Bertz CT molecular complexity index is 1570. The average molecular weight is 484 g/mol. The second-order valence-corrected chi connectivity index (χ2v) is 8.74. The zero-order valence-electron chi connectivity index (χ0n) is 19.2. The van der Waals surface area contributed by atoms with Crippen LogP contribution in [0.5, 0.6) is 5.75 Å². The number of carbonyl (C=O) groups is 1. The van der Waals surface area contributed by atoms with E-state index in [0.29, 0.717) is 17.0 Å². The molecule has 1 saturated heterocycles. The summed E-state index contributed by atoms with van der Waals surface area (Å²) in [5.74, 6) is 0.471. The molecular weight excluding hydrogens is 461 g/mol. The van der Waals surface area contributed by atoms with Gasteiger partial charge in [0.05, 0.1) is 24.1 Å². The molecule has 180 valence electrons. The second kappa shape index (κ2) is 8.92. The predicted octanol–water partition coefficient (Wildman–Crippen LogP) is 5.08. The number of amides is 1. The van der Waals surface area contributed by atoms with E-state index < -0.39 is 18.4 Å². The number of alkyl halides is 1. The first-order valence-corrected chi connectivity index (χ1v) is 11.6. The number of aromatic nitrogens is 4. The maximum Gasteiger partial charge on any atom is 0.407 e. The number of imidazole rings is 1. The summed E-state index contributed by atoms with van der Waals surface area (Å²) in [5.41, 5.74) is 4.95. The highest BCUT2D eigenvalue weighted by Gasteiger charge is 2.33. The normalized spacial score (nSPS) is 18.0. The van der Waals surface area contributed by atoms with Crippen molar-refractivity contribution < 1.29 is 19.0 Å². The highest BCUT2D eigenvalue weighted by molar-refractivity contribution is 5.86. The topological polar surface area (TPSA) is 92.8 Å². The largest absolute Gasteiger partial charge is 0.485 e. The third kappa shape index (κ3) is 3.98. The Morgan fingerprint density at radius 1 is 1.08 bits per heavy atom. The van der Waals surface area contributed by atoms with Crippen molar-refractivity contribution in [1.29, 1.82) is 0 Å². The fraction of sp³-hybridized carbons (Fsp3) is 0.185. The molecule has 1 aromatic carbocycles. The first-order chi connectivity index (χ1) is 17.6. The van der Waals surface area contributed by atoms with Crippen molar-refractivity contribution in [2.24, 2.45) is 0 Å². The third-order valence-corrected chi connectivity index (χ3v) is 6.48. The van der Waals surface area contributed by atoms with E-state index in [4.69, 9.17) is 14.8 Å². The van der Waals surface area contributed by atoms with E-state index in [-0.39, 0.29) is 19.5 Å². The van der Waals surface area contributed by atoms with Crippen LogP contribution in [0, 0.1) is 0 Å². The molecule has 8 nitrogen and oxygen atoms in total. The van der Waals surface area contributed by atoms with Crippen molar-refractivity contribution in [3.63, 3.8) is 0 Å². The van der Waals surface area contributed by atoms with E-state index in [9.17, 15) is 9.18 Å². The molecule has 0 aliphatic carbocycles. The van der Waals surface area contributed by atoms with Crippen LogP contribution in [-0.2, 0) is 0 Å². The standard InChI is InChI=1S/C27H22FN5O3/c28-20-16-32(27(34)35)11-9-23(20)36-24-5-1-3-17-6-7-21(31-26(17)24)22-15-30-25-13-18(8-12-33(22)25)19-4-2-10-29-14-19/h1-8,10,12-15,20,23H,9,11,16H2,(H,34,35)/t20-,23-/m1/s1. The van der Waals surface area contributed by atoms with E-state index in [2.05, 4.69) is 9.97 Å². The van der Waals surface area contributed by atoms with Crippen LogP contribution in [0.4, 0.5) is 9.18 Å². The molecule has 0 unspecified atom stereocenters. The lowest BCUT2D eigenvalue weighted by molar-refractivity contribution is 0.0256. The molecule has 4 aromatic heterocycles. The molecule has 5 aromatic rings. The zero-order chi connectivity index (χ0) is 24.6. The van der Waals surface area contributed by atoms with Crippen molar-refractivity contribution in [2.45, 2.75) is 18.7 Å². The summed E-state index contributed by atoms with van der Waals surface area (Å²) in [5, 5.41) is 10.0. The Hall–Kier alpha value is -4.53. The summed E-state index contributed by atoms with van der Waals surface area (Å²) in [6, 6.07) is 17.3. The van der Waals surface area contributed by atoms with Gasteiger partial charge in [-0.15, -0.1) is 0 Å². The summed E-state index contributed by atoms with van der Waals surface area (Å²) in [7, 11) is 0. The Balaban J connectivity index is 1.33. The van der Waals surface area contributed by atoms with Crippen LogP contribution in [0.1, 0.15) is 6.42 Å². The Labute approximate surface area is 205 Å². The minimum absolute atomic E-state index is 0.202. The number of likely N-dealkylation sites (tertiary alicyclic amines) is 1. The first kappa shape index (κ1) is 22.0. The number of para-hydroxylation sites is 1. The van der Waals surface area contributed by atoms with Gasteiger partial charge in [-0.25, -0.2) is 19.2 Å². The van der Waals surface area contributed by atoms with Gasteiger partial charge >= 0.3 is 6.09 Å². The highest BCUT2D eigenvalue weighted by Crippen LogP contribution is 2.31. The van der Waals surface area contributed by atoms with Gasteiger partial charge in [0.25, 0.3) is 0 Å². The van der Waals surface area contributed by atoms with Crippen molar-refractivity contribution >= 4 is 22.6 Å². The lowest BCUT2D eigenvalue weighted by Gasteiger charge is -2.33. The van der Waals surface area contributed by atoms with Gasteiger partial charge in [0.15, 0.2) is 6.17 Å². The van der Waals surface area contributed by atoms with E-state index >= 15 is 0 Å². The molecule has 0 saturated carbocycles. The lowest BCUT2D eigenvalue weighted by Crippen LogP contribution is -2.48. The average Bonchev–Trinajstić information content (AvgIpc) is 3.33. The van der Waals surface area contributed by atoms with Crippen LogP contribution in [0.3, 0.4) is 0 Å². The molecule has 0 spiro atoms. The van der Waals surface area contributed by atoms with Crippen LogP contribution in [0.2, 0.25) is 0 Å². The summed E-state index contributed by atoms with van der Waals surface area (Å²) < 4.78 is 22.7. The number of rotatable bonds is 4. The molecule has 1 fully saturated rings. The molecule has 1 amide bonds. The SMILES string of the molecule is O=C(O)N1CC[C@@H](Oc2cccc3ccc(-c4cnc5cc(-c6cccnc6)ccn45)nc23)[C@H](F)C1. The van der Waals surface area contributed by atoms with Gasteiger partial charge in [-0.1, -0.05) is 24.3 Å². The first-order valence-electron chi connectivity index (χ1n) is 11.6. The fourth-order valence-corrected chi connectivity index (χ4v) is 4.59. The van der Waals surface area contributed by atoms with Gasteiger partial charge in [0.1, 0.15) is 23.0 Å². The van der Waals surface area contributed by atoms with Crippen LogP contribution in [0.15, 0.2) is 79.4 Å². The molecule has 1 N–H and O–H groups in total. The van der Waals surface area contributed by atoms with Gasteiger partial charge < -0.3 is 14.7 Å². The zero-order valence-corrected chi connectivity index (χ0v) is 19.2. The summed E-state index contributed by atoms with van der Waals surface area (Å²) in [4.78, 5) is 25.9. The van der Waals surface area contributed by atoms with Crippen molar-refractivity contribution in [1.82, 2.24) is 24.3 Å². The summed E-state index contributed by atoms with van der Waals surface area (Å²) in [6.45, 7) is 0.0268. The molecular formula is C27H22FN5O3. The number of halogens is 1.